The number of hydrogen-bond donors (Lipinski definition) is 2. The lowest BCUT2D eigenvalue weighted by molar-refractivity contribution is -1.27. The van der Waals surface area contributed by atoms with Crippen LogP contribution in [0.1, 0.15) is 61.3 Å². The number of aliphatic hydroxyl groups is 2. The van der Waals surface area contributed by atoms with E-state index in [9.17, 15) is 24.9 Å². The SMILES string of the molecule is CCN(CC)CC.COC1CC(C)(C)[N+](OC(=O)C(O)C(O)C(=O)[O-])(Oc2ccccc2)C(C)(C)C1. The van der Waals surface area contributed by atoms with Gasteiger partial charge in [-0.05, 0) is 59.5 Å². The van der Waals surface area contributed by atoms with Gasteiger partial charge in [-0.25, -0.2) is 9.63 Å². The van der Waals surface area contributed by atoms with Crippen molar-refractivity contribution in [2.24, 2.45) is 0 Å². The van der Waals surface area contributed by atoms with Crippen molar-refractivity contribution in [1.29, 1.82) is 0 Å². The zero-order chi connectivity index (χ0) is 27.7. The molecule has 1 aliphatic rings. The predicted octanol–water partition coefficient (Wildman–Crippen LogP) is 1.44. The Morgan fingerprint density at radius 1 is 1.00 bits per heavy atom. The van der Waals surface area contributed by atoms with Crippen molar-refractivity contribution in [3.63, 3.8) is 0 Å². The molecule has 36 heavy (non-hydrogen) atoms. The van der Waals surface area contributed by atoms with Gasteiger partial charge in [-0.15, -0.1) is 0 Å². The van der Waals surface area contributed by atoms with Crippen molar-refractivity contribution in [2.75, 3.05) is 26.7 Å². The number of carboxylic acid groups (broad SMARTS) is 1. The normalized spacial score (nSPS) is 24.1. The van der Waals surface area contributed by atoms with Gasteiger partial charge in [0.1, 0.15) is 6.10 Å². The summed E-state index contributed by atoms with van der Waals surface area (Å²) >= 11 is 0. The second-order valence-electron chi connectivity index (χ2n) is 10.1. The van der Waals surface area contributed by atoms with E-state index in [2.05, 4.69) is 25.7 Å². The van der Waals surface area contributed by atoms with Gasteiger partial charge in [0, 0.05) is 20.0 Å². The minimum absolute atomic E-state index is 0.136. The number of aliphatic carboxylic acids is 1. The molecule has 2 atom stereocenters. The third-order valence-corrected chi connectivity index (χ3v) is 6.70. The van der Waals surface area contributed by atoms with E-state index in [1.807, 2.05) is 27.7 Å². The lowest BCUT2D eigenvalue weighted by Gasteiger charge is -2.55. The molecule has 0 saturated carbocycles. The van der Waals surface area contributed by atoms with Crippen molar-refractivity contribution in [2.45, 2.75) is 90.7 Å². The number of carbonyl (C=O) groups excluding carboxylic acids is 2. The van der Waals surface area contributed by atoms with Crippen molar-refractivity contribution in [1.82, 2.24) is 4.90 Å². The minimum Gasteiger partial charge on any atom is -0.547 e. The van der Waals surface area contributed by atoms with Crippen molar-refractivity contribution < 1.29 is 44.1 Å². The van der Waals surface area contributed by atoms with E-state index in [0.29, 0.717) is 18.6 Å². The lowest BCUT2D eigenvalue weighted by Crippen LogP contribution is -2.77. The summed E-state index contributed by atoms with van der Waals surface area (Å²) in [6, 6.07) is 8.69. The Morgan fingerprint density at radius 3 is 1.83 bits per heavy atom. The van der Waals surface area contributed by atoms with Gasteiger partial charge in [0.25, 0.3) is 0 Å². The fraction of sp³-hybridized carbons (Fsp3) is 0.692. The van der Waals surface area contributed by atoms with Crippen LogP contribution in [0.2, 0.25) is 0 Å². The molecule has 206 valence electrons. The van der Waals surface area contributed by atoms with E-state index >= 15 is 0 Å². The molecule has 0 aromatic heterocycles. The van der Waals surface area contributed by atoms with Crippen molar-refractivity contribution in [3.8, 4) is 5.75 Å². The number of methoxy groups -OCH3 is 1. The quantitative estimate of drug-likeness (QED) is 0.448. The molecular weight excluding hydrogens is 468 g/mol. The number of benzene rings is 1. The summed E-state index contributed by atoms with van der Waals surface area (Å²) in [5, 5.41) is 30.4. The summed E-state index contributed by atoms with van der Waals surface area (Å²) in [5.74, 6) is -2.91. The molecule has 0 bridgehead atoms. The summed E-state index contributed by atoms with van der Waals surface area (Å²) < 4.78 is 5.55. The highest BCUT2D eigenvalue weighted by Crippen LogP contribution is 2.48. The van der Waals surface area contributed by atoms with Crippen LogP contribution in [-0.2, 0) is 19.2 Å². The number of carboxylic acids is 1. The van der Waals surface area contributed by atoms with E-state index in [-0.39, 0.29) is 6.10 Å². The molecule has 0 aliphatic carbocycles. The number of ether oxygens (including phenoxy) is 1. The third-order valence-electron chi connectivity index (χ3n) is 6.70. The maximum atomic E-state index is 12.6. The molecule has 1 aliphatic heterocycles. The molecule has 10 heteroatoms. The van der Waals surface area contributed by atoms with E-state index < -0.39 is 40.0 Å². The number of para-hydroxylation sites is 1. The van der Waals surface area contributed by atoms with Gasteiger partial charge >= 0.3 is 5.97 Å². The third kappa shape index (κ3) is 7.39. The monoisotopic (exact) mass is 512 g/mol. The summed E-state index contributed by atoms with van der Waals surface area (Å²) in [6.07, 6.45) is -4.00. The molecule has 1 saturated heterocycles. The second-order valence-corrected chi connectivity index (χ2v) is 10.1. The number of aliphatic hydroxyl groups excluding tert-OH is 2. The van der Waals surface area contributed by atoms with Gasteiger partial charge < -0.3 is 29.8 Å². The predicted molar refractivity (Wildman–Crippen MR) is 132 cm³/mol. The molecule has 1 heterocycles. The molecule has 0 radical (unpaired) electrons. The zero-order valence-corrected chi connectivity index (χ0v) is 22.9. The fourth-order valence-corrected chi connectivity index (χ4v) is 4.66. The fourth-order valence-electron chi connectivity index (χ4n) is 4.66. The Bertz CT molecular complexity index is 803. The van der Waals surface area contributed by atoms with E-state index in [1.165, 1.54) is 19.6 Å². The molecule has 0 amide bonds. The van der Waals surface area contributed by atoms with Crippen LogP contribution in [-0.4, -0.2) is 88.0 Å². The van der Waals surface area contributed by atoms with Crippen molar-refractivity contribution >= 4 is 11.9 Å². The standard InChI is InChI=1S/C20H29NO8.C6H15N/c1-19(2)11-14(27-5)12-20(3,4)21(19,28-13-9-7-6-8-10-13)29-18(26)16(23)15(22)17(24)25;1-4-7(5-2)6-3/h6-10,14-16,22-23H,11-12H2,1-5H3;4-6H2,1-3H3. The maximum Gasteiger partial charge on any atom is 0.403 e. The topological polar surface area (TPSA) is 129 Å². The average Bonchev–Trinajstić information content (AvgIpc) is 2.83. The molecule has 1 aromatic rings. The van der Waals surface area contributed by atoms with Gasteiger partial charge in [0.15, 0.2) is 22.9 Å². The molecule has 10 nitrogen and oxygen atoms in total. The molecular formula is C26H44N2O8. The van der Waals surface area contributed by atoms with E-state index in [0.717, 1.165) is 0 Å². The Labute approximate surface area is 214 Å². The van der Waals surface area contributed by atoms with Crippen LogP contribution in [0.25, 0.3) is 0 Å². The zero-order valence-electron chi connectivity index (χ0n) is 22.9. The Balaban J connectivity index is 0.000000809. The van der Waals surface area contributed by atoms with Crippen LogP contribution in [0.15, 0.2) is 30.3 Å². The average molecular weight is 513 g/mol. The first-order valence-electron chi connectivity index (χ1n) is 12.4. The van der Waals surface area contributed by atoms with Crippen LogP contribution in [0.4, 0.5) is 0 Å². The Morgan fingerprint density at radius 2 is 1.47 bits per heavy atom. The molecule has 1 aromatic carbocycles. The maximum absolute atomic E-state index is 12.6. The number of nitrogens with zero attached hydrogens (tertiary/aromatic N) is 2. The molecule has 2 unspecified atom stereocenters. The molecule has 0 spiro atoms. The molecule has 2 rings (SSSR count). The van der Waals surface area contributed by atoms with Gasteiger partial charge in [-0.2, -0.15) is 0 Å². The molecule has 2 N–H and O–H groups in total. The summed E-state index contributed by atoms with van der Waals surface area (Å²) in [6.45, 7) is 17.4. The van der Waals surface area contributed by atoms with Gasteiger partial charge in [0.2, 0.25) is 0 Å². The second kappa shape index (κ2) is 13.3. The van der Waals surface area contributed by atoms with Crippen LogP contribution in [0, 0.1) is 0 Å². The highest BCUT2D eigenvalue weighted by Gasteiger charge is 2.67. The Hall–Kier alpha value is -2.24. The van der Waals surface area contributed by atoms with Crippen molar-refractivity contribution in [3.05, 3.63) is 30.3 Å². The first-order valence-corrected chi connectivity index (χ1v) is 12.4. The Kier molecular flexibility index (Phi) is 11.8. The van der Waals surface area contributed by atoms with E-state index in [4.69, 9.17) is 14.4 Å². The number of rotatable bonds is 10. The number of hydroxylamine groups is 4. The van der Waals surface area contributed by atoms with Gasteiger partial charge in [0.05, 0.1) is 16.9 Å². The van der Waals surface area contributed by atoms with Gasteiger partial charge in [-0.1, -0.05) is 39.0 Å². The smallest absolute Gasteiger partial charge is 0.403 e. The largest absolute Gasteiger partial charge is 0.547 e. The minimum atomic E-state index is -2.43. The highest BCUT2D eigenvalue weighted by molar-refractivity contribution is 5.82. The number of piperidine rings is 1. The number of carbonyl (C=O) groups is 2. The first kappa shape index (κ1) is 31.8. The first-order chi connectivity index (χ1) is 16.7. The number of quaternary nitrogens is 1. The lowest BCUT2D eigenvalue weighted by atomic mass is 9.79. The number of hydrogen-bond acceptors (Lipinski definition) is 9. The van der Waals surface area contributed by atoms with Crippen LogP contribution < -0.4 is 9.94 Å². The van der Waals surface area contributed by atoms with Crippen LogP contribution in [0.5, 0.6) is 5.75 Å². The van der Waals surface area contributed by atoms with Gasteiger partial charge in [-0.3, -0.25) is 4.84 Å². The van der Waals surface area contributed by atoms with E-state index in [1.54, 1.807) is 37.4 Å². The highest BCUT2D eigenvalue weighted by atomic mass is 17.0. The summed E-state index contributed by atoms with van der Waals surface area (Å²) in [4.78, 5) is 37.0. The van der Waals surface area contributed by atoms with Crippen LogP contribution in [0.3, 0.4) is 0 Å². The summed E-state index contributed by atoms with van der Waals surface area (Å²) in [5.41, 5.74) is -1.72. The summed E-state index contributed by atoms with van der Waals surface area (Å²) in [7, 11) is 1.60. The van der Waals surface area contributed by atoms with Crippen LogP contribution >= 0.6 is 0 Å². The molecule has 1 fully saturated rings.